The molecule has 0 N–H and O–H groups in total. The monoisotopic (exact) mass is 158 g/mol. The smallest absolute Gasteiger partial charge is 0.00973 e. The molecule has 0 amide bonds. The van der Waals surface area contributed by atoms with E-state index in [4.69, 9.17) is 0 Å². The van der Waals surface area contributed by atoms with Crippen molar-refractivity contribution >= 4 is 0 Å². The van der Waals surface area contributed by atoms with Crippen molar-refractivity contribution in [3.8, 4) is 0 Å². The number of rotatable bonds is 4. The lowest BCUT2D eigenvalue weighted by molar-refractivity contribution is 1.24. The van der Waals surface area contributed by atoms with Crippen molar-refractivity contribution in [1.82, 2.24) is 0 Å². The van der Waals surface area contributed by atoms with E-state index in [-0.39, 0.29) is 0 Å². The summed E-state index contributed by atoms with van der Waals surface area (Å²) in [5.41, 5.74) is 1.36. The van der Waals surface area contributed by atoms with Crippen LogP contribution in [0.1, 0.15) is 12.0 Å². The van der Waals surface area contributed by atoms with Gasteiger partial charge < -0.3 is 0 Å². The third-order valence-electron chi connectivity index (χ3n) is 1.67. The molecule has 1 rings (SSSR count). The van der Waals surface area contributed by atoms with Gasteiger partial charge in [-0.1, -0.05) is 48.6 Å². The lowest BCUT2D eigenvalue weighted by Crippen LogP contribution is -1.77. The molecule has 1 aromatic carbocycles. The van der Waals surface area contributed by atoms with Crippen LogP contribution in [0.3, 0.4) is 0 Å². The molecule has 0 radical (unpaired) electrons. The summed E-state index contributed by atoms with van der Waals surface area (Å²) >= 11 is 0. The van der Waals surface area contributed by atoms with Crippen LogP contribution in [-0.2, 0) is 6.42 Å². The summed E-state index contributed by atoms with van der Waals surface area (Å²) in [7, 11) is 0. The summed E-state index contributed by atoms with van der Waals surface area (Å²) in [6.07, 6.45) is 8.21. The SMILES string of the molecule is C=CC/C=C\Cc1ccccc1. The molecule has 0 aromatic heterocycles. The first-order valence-corrected chi connectivity index (χ1v) is 4.23. The molecule has 0 heterocycles. The van der Waals surface area contributed by atoms with Crippen molar-refractivity contribution in [3.05, 3.63) is 60.7 Å². The van der Waals surface area contributed by atoms with Gasteiger partial charge in [0, 0.05) is 0 Å². The predicted octanol–water partition coefficient (Wildman–Crippen LogP) is 3.36. The Labute approximate surface area is 74.2 Å². The number of hydrogen-bond acceptors (Lipinski definition) is 0. The minimum Gasteiger partial charge on any atom is -0.103 e. The predicted molar refractivity (Wildman–Crippen MR) is 54.1 cm³/mol. The van der Waals surface area contributed by atoms with Crippen molar-refractivity contribution in [2.45, 2.75) is 12.8 Å². The zero-order valence-corrected chi connectivity index (χ0v) is 7.24. The van der Waals surface area contributed by atoms with Crippen LogP contribution in [0, 0.1) is 0 Å². The second-order valence-corrected chi connectivity index (χ2v) is 2.69. The number of benzene rings is 1. The summed E-state index contributed by atoms with van der Waals surface area (Å²) in [6.45, 7) is 3.65. The van der Waals surface area contributed by atoms with Crippen LogP contribution in [0.5, 0.6) is 0 Å². The second-order valence-electron chi connectivity index (χ2n) is 2.69. The first kappa shape index (κ1) is 8.79. The maximum Gasteiger partial charge on any atom is -0.00973 e. The van der Waals surface area contributed by atoms with Gasteiger partial charge in [0.25, 0.3) is 0 Å². The van der Waals surface area contributed by atoms with Gasteiger partial charge >= 0.3 is 0 Å². The molecule has 0 atom stereocenters. The van der Waals surface area contributed by atoms with Gasteiger partial charge in [-0.15, -0.1) is 6.58 Å². The van der Waals surface area contributed by atoms with Crippen molar-refractivity contribution in [2.75, 3.05) is 0 Å². The lowest BCUT2D eigenvalue weighted by Gasteiger charge is -1.92. The van der Waals surface area contributed by atoms with E-state index < -0.39 is 0 Å². The van der Waals surface area contributed by atoms with E-state index in [9.17, 15) is 0 Å². The molecule has 12 heavy (non-hydrogen) atoms. The molecule has 0 aliphatic heterocycles. The van der Waals surface area contributed by atoms with Crippen molar-refractivity contribution in [1.29, 1.82) is 0 Å². The van der Waals surface area contributed by atoms with Crippen LogP contribution in [0.4, 0.5) is 0 Å². The van der Waals surface area contributed by atoms with Crippen LogP contribution in [0.25, 0.3) is 0 Å². The fraction of sp³-hybridized carbons (Fsp3) is 0.167. The van der Waals surface area contributed by atoms with E-state index >= 15 is 0 Å². The molecule has 0 aliphatic carbocycles. The number of allylic oxidation sites excluding steroid dienone is 3. The van der Waals surface area contributed by atoms with E-state index in [1.165, 1.54) is 5.56 Å². The topological polar surface area (TPSA) is 0 Å². The highest BCUT2D eigenvalue weighted by Gasteiger charge is 1.83. The molecular formula is C12H14. The third-order valence-corrected chi connectivity index (χ3v) is 1.67. The van der Waals surface area contributed by atoms with E-state index in [1.54, 1.807) is 0 Å². The molecular weight excluding hydrogens is 144 g/mol. The van der Waals surface area contributed by atoms with Crippen LogP contribution in [0.2, 0.25) is 0 Å². The summed E-state index contributed by atoms with van der Waals surface area (Å²) in [4.78, 5) is 0. The molecule has 0 saturated heterocycles. The Morgan fingerprint density at radius 1 is 1.08 bits per heavy atom. The highest BCUT2D eigenvalue weighted by Crippen LogP contribution is 2.00. The van der Waals surface area contributed by atoms with Gasteiger partial charge in [-0.25, -0.2) is 0 Å². The minimum absolute atomic E-state index is 0.965. The van der Waals surface area contributed by atoms with Crippen molar-refractivity contribution in [2.24, 2.45) is 0 Å². The highest BCUT2D eigenvalue weighted by atomic mass is 13.9. The standard InChI is InChI=1S/C12H14/c1-2-3-4-6-9-12-10-7-5-8-11-12/h2,4-8,10-11H,1,3,9H2/b6-4-. The maximum absolute atomic E-state index is 3.65. The van der Waals surface area contributed by atoms with Crippen molar-refractivity contribution in [3.63, 3.8) is 0 Å². The molecule has 62 valence electrons. The van der Waals surface area contributed by atoms with Crippen LogP contribution >= 0.6 is 0 Å². The van der Waals surface area contributed by atoms with Gasteiger partial charge in [0.1, 0.15) is 0 Å². The molecule has 0 unspecified atom stereocenters. The van der Waals surface area contributed by atoms with Gasteiger partial charge in [-0.05, 0) is 18.4 Å². The quantitative estimate of drug-likeness (QED) is 0.589. The van der Waals surface area contributed by atoms with Crippen LogP contribution in [-0.4, -0.2) is 0 Å². The molecule has 0 aliphatic rings. The zero-order chi connectivity index (χ0) is 8.65. The Bertz CT molecular complexity index is 244. The summed E-state index contributed by atoms with van der Waals surface area (Å²) < 4.78 is 0. The summed E-state index contributed by atoms with van der Waals surface area (Å²) in [5, 5.41) is 0. The Hall–Kier alpha value is -1.30. The van der Waals surface area contributed by atoms with E-state index in [0.717, 1.165) is 12.8 Å². The minimum atomic E-state index is 0.965. The molecule has 0 heteroatoms. The van der Waals surface area contributed by atoms with E-state index in [1.807, 2.05) is 12.1 Å². The Morgan fingerprint density at radius 2 is 1.83 bits per heavy atom. The average molecular weight is 158 g/mol. The van der Waals surface area contributed by atoms with Gasteiger partial charge in [0.05, 0.1) is 0 Å². The van der Waals surface area contributed by atoms with Crippen molar-refractivity contribution < 1.29 is 0 Å². The molecule has 0 fully saturated rings. The fourth-order valence-electron chi connectivity index (χ4n) is 1.03. The largest absolute Gasteiger partial charge is 0.103 e. The molecule has 0 bridgehead atoms. The van der Waals surface area contributed by atoms with Crippen LogP contribution in [0.15, 0.2) is 55.1 Å². The Kier molecular flexibility index (Phi) is 3.93. The fourth-order valence-corrected chi connectivity index (χ4v) is 1.03. The first-order chi connectivity index (χ1) is 5.93. The zero-order valence-electron chi connectivity index (χ0n) is 7.24. The summed E-state index contributed by atoms with van der Waals surface area (Å²) in [5.74, 6) is 0. The second kappa shape index (κ2) is 5.36. The maximum atomic E-state index is 3.65. The van der Waals surface area contributed by atoms with E-state index in [0.29, 0.717) is 0 Å². The third kappa shape index (κ3) is 3.20. The normalized spacial score (nSPS) is 10.3. The average Bonchev–Trinajstić information content (AvgIpc) is 2.14. The van der Waals surface area contributed by atoms with Gasteiger partial charge in [0.15, 0.2) is 0 Å². The van der Waals surface area contributed by atoms with Gasteiger partial charge in [0.2, 0.25) is 0 Å². The molecule has 0 nitrogen and oxygen atoms in total. The molecule has 0 saturated carbocycles. The summed E-state index contributed by atoms with van der Waals surface area (Å²) in [6, 6.07) is 10.4. The molecule has 1 aromatic rings. The number of hydrogen-bond donors (Lipinski definition) is 0. The molecule has 0 spiro atoms. The van der Waals surface area contributed by atoms with Crippen LogP contribution < -0.4 is 0 Å². The highest BCUT2D eigenvalue weighted by molar-refractivity contribution is 5.17. The lowest BCUT2D eigenvalue weighted by atomic mass is 10.1. The van der Waals surface area contributed by atoms with E-state index in [2.05, 4.69) is 43.0 Å². The van der Waals surface area contributed by atoms with Gasteiger partial charge in [-0.3, -0.25) is 0 Å². The Balaban J connectivity index is 2.38. The van der Waals surface area contributed by atoms with Gasteiger partial charge in [-0.2, -0.15) is 0 Å². The first-order valence-electron chi connectivity index (χ1n) is 4.23. The Morgan fingerprint density at radius 3 is 2.50 bits per heavy atom.